The van der Waals surface area contributed by atoms with Gasteiger partial charge in [-0.3, -0.25) is 4.21 Å². The predicted molar refractivity (Wildman–Crippen MR) is 79.8 cm³/mol. The standard InChI is InChI=1S/C15H23NO2S/c1-18-15-10-6-5-9-13(15)14(16)11-19(17)12-7-3-2-4-8-12/h5-6,9-10,12,14H,2-4,7-8,11,16H2,1H3. The van der Waals surface area contributed by atoms with Crippen molar-refractivity contribution in [3.63, 3.8) is 0 Å². The van der Waals surface area contributed by atoms with Gasteiger partial charge in [0.2, 0.25) is 0 Å². The minimum absolute atomic E-state index is 0.209. The quantitative estimate of drug-likeness (QED) is 0.903. The van der Waals surface area contributed by atoms with Gasteiger partial charge < -0.3 is 10.5 Å². The summed E-state index contributed by atoms with van der Waals surface area (Å²) in [5.74, 6) is 1.32. The Morgan fingerprint density at radius 1 is 1.32 bits per heavy atom. The van der Waals surface area contributed by atoms with Crippen LogP contribution in [0.15, 0.2) is 24.3 Å². The van der Waals surface area contributed by atoms with Crippen LogP contribution in [0.2, 0.25) is 0 Å². The van der Waals surface area contributed by atoms with Crippen molar-refractivity contribution < 1.29 is 8.95 Å². The summed E-state index contributed by atoms with van der Waals surface area (Å²) in [4.78, 5) is 0. The number of ether oxygens (including phenoxy) is 1. The first kappa shape index (κ1) is 14.5. The summed E-state index contributed by atoms with van der Waals surface area (Å²) in [6, 6.07) is 7.52. The Kier molecular flexibility index (Phi) is 5.40. The lowest BCUT2D eigenvalue weighted by Crippen LogP contribution is -2.27. The molecule has 2 unspecified atom stereocenters. The third-order valence-electron chi connectivity index (χ3n) is 3.81. The molecule has 1 aromatic carbocycles. The fraction of sp³-hybridized carbons (Fsp3) is 0.600. The average molecular weight is 281 g/mol. The van der Waals surface area contributed by atoms with Crippen molar-refractivity contribution in [2.75, 3.05) is 12.9 Å². The number of nitrogens with two attached hydrogens (primary N) is 1. The Labute approximate surface area is 118 Å². The van der Waals surface area contributed by atoms with Crippen LogP contribution in [0, 0.1) is 0 Å². The van der Waals surface area contributed by atoms with Crippen molar-refractivity contribution in [2.24, 2.45) is 5.73 Å². The van der Waals surface area contributed by atoms with Gasteiger partial charge in [-0.1, -0.05) is 37.5 Å². The van der Waals surface area contributed by atoms with E-state index in [0.717, 1.165) is 24.2 Å². The van der Waals surface area contributed by atoms with Gasteiger partial charge in [0.25, 0.3) is 0 Å². The SMILES string of the molecule is COc1ccccc1C(N)CS(=O)C1CCCCC1. The topological polar surface area (TPSA) is 52.3 Å². The Morgan fingerprint density at radius 3 is 2.68 bits per heavy atom. The monoisotopic (exact) mass is 281 g/mol. The Bertz CT molecular complexity index is 430. The van der Waals surface area contributed by atoms with Crippen molar-refractivity contribution in [2.45, 2.75) is 43.4 Å². The average Bonchev–Trinajstić information content (AvgIpc) is 2.48. The van der Waals surface area contributed by atoms with Crippen molar-refractivity contribution >= 4 is 10.8 Å². The van der Waals surface area contributed by atoms with Crippen molar-refractivity contribution in [1.82, 2.24) is 0 Å². The maximum atomic E-state index is 12.4. The highest BCUT2D eigenvalue weighted by atomic mass is 32.2. The maximum Gasteiger partial charge on any atom is 0.123 e. The van der Waals surface area contributed by atoms with E-state index in [2.05, 4.69) is 0 Å². The molecule has 1 aliphatic carbocycles. The summed E-state index contributed by atoms with van der Waals surface area (Å²) in [6.45, 7) is 0. The fourth-order valence-electron chi connectivity index (χ4n) is 2.70. The van der Waals surface area contributed by atoms with E-state index < -0.39 is 10.8 Å². The number of benzene rings is 1. The maximum absolute atomic E-state index is 12.4. The highest BCUT2D eigenvalue weighted by Gasteiger charge is 2.23. The molecule has 1 aromatic rings. The molecule has 0 radical (unpaired) electrons. The minimum Gasteiger partial charge on any atom is -0.496 e. The largest absolute Gasteiger partial charge is 0.496 e. The van der Waals surface area contributed by atoms with Crippen LogP contribution in [-0.2, 0) is 10.8 Å². The van der Waals surface area contributed by atoms with E-state index in [-0.39, 0.29) is 6.04 Å². The van der Waals surface area contributed by atoms with Crippen LogP contribution in [0.5, 0.6) is 5.75 Å². The molecule has 2 N–H and O–H groups in total. The van der Waals surface area contributed by atoms with Gasteiger partial charge in [-0.25, -0.2) is 0 Å². The van der Waals surface area contributed by atoms with Crippen LogP contribution in [0.25, 0.3) is 0 Å². The Balaban J connectivity index is 1.99. The third-order valence-corrected chi connectivity index (χ3v) is 5.71. The van der Waals surface area contributed by atoms with Crippen molar-refractivity contribution in [3.05, 3.63) is 29.8 Å². The lowest BCUT2D eigenvalue weighted by Gasteiger charge is -2.23. The molecule has 0 bridgehead atoms. The van der Waals surface area contributed by atoms with Gasteiger partial charge in [-0.05, 0) is 18.9 Å². The van der Waals surface area contributed by atoms with E-state index in [9.17, 15) is 4.21 Å². The number of methoxy groups -OCH3 is 1. The molecule has 4 heteroatoms. The van der Waals surface area contributed by atoms with Crippen LogP contribution < -0.4 is 10.5 Å². The van der Waals surface area contributed by atoms with Crippen molar-refractivity contribution in [3.8, 4) is 5.75 Å². The van der Waals surface area contributed by atoms with E-state index in [0.29, 0.717) is 11.0 Å². The molecular weight excluding hydrogens is 258 g/mol. The highest BCUT2D eigenvalue weighted by molar-refractivity contribution is 7.85. The number of hydrogen-bond acceptors (Lipinski definition) is 3. The Hall–Kier alpha value is -0.870. The zero-order valence-electron chi connectivity index (χ0n) is 11.5. The molecule has 0 aromatic heterocycles. The summed E-state index contributed by atoms with van der Waals surface area (Å²) in [7, 11) is 0.815. The normalized spacial score (nSPS) is 19.9. The second-order valence-corrected chi connectivity index (χ2v) is 6.92. The molecule has 0 spiro atoms. The van der Waals surface area contributed by atoms with Crippen LogP contribution in [0.3, 0.4) is 0 Å². The number of rotatable bonds is 5. The van der Waals surface area contributed by atoms with Crippen molar-refractivity contribution in [1.29, 1.82) is 0 Å². The second kappa shape index (κ2) is 7.06. The molecule has 1 saturated carbocycles. The third kappa shape index (κ3) is 3.80. The molecule has 2 atom stereocenters. The van der Waals surface area contributed by atoms with Gasteiger partial charge in [-0.2, -0.15) is 0 Å². The molecule has 0 aliphatic heterocycles. The molecule has 0 amide bonds. The summed E-state index contributed by atoms with van der Waals surface area (Å²) in [5, 5.41) is 0.342. The molecule has 19 heavy (non-hydrogen) atoms. The first-order chi connectivity index (χ1) is 9.22. The van der Waals surface area contributed by atoms with Gasteiger partial charge in [0, 0.05) is 33.4 Å². The number of para-hydroxylation sites is 1. The lowest BCUT2D eigenvalue weighted by molar-refractivity contribution is 0.407. The van der Waals surface area contributed by atoms with Gasteiger partial charge in [-0.15, -0.1) is 0 Å². The molecule has 0 heterocycles. The first-order valence-corrected chi connectivity index (χ1v) is 8.36. The van der Waals surface area contributed by atoms with Crippen LogP contribution in [0.1, 0.15) is 43.7 Å². The summed E-state index contributed by atoms with van der Waals surface area (Å²) >= 11 is 0. The van der Waals surface area contributed by atoms with E-state index in [4.69, 9.17) is 10.5 Å². The minimum atomic E-state index is -0.828. The smallest absolute Gasteiger partial charge is 0.123 e. The van der Waals surface area contributed by atoms with Gasteiger partial charge >= 0.3 is 0 Å². The molecule has 3 nitrogen and oxygen atoms in total. The summed E-state index contributed by atoms with van der Waals surface area (Å²) < 4.78 is 17.7. The molecule has 1 fully saturated rings. The fourth-order valence-corrected chi connectivity index (χ4v) is 4.37. The molecule has 106 valence electrons. The second-order valence-electron chi connectivity index (χ2n) is 5.16. The van der Waals surface area contributed by atoms with E-state index in [1.165, 1.54) is 19.3 Å². The van der Waals surface area contributed by atoms with Gasteiger partial charge in [0.1, 0.15) is 5.75 Å². The molecule has 2 rings (SSSR count). The zero-order chi connectivity index (χ0) is 13.7. The first-order valence-electron chi connectivity index (χ1n) is 6.98. The van der Waals surface area contributed by atoms with Gasteiger partial charge in [0.05, 0.1) is 7.11 Å². The molecule has 0 saturated heterocycles. The Morgan fingerprint density at radius 2 is 2.00 bits per heavy atom. The van der Waals surface area contributed by atoms with Crippen LogP contribution in [-0.4, -0.2) is 22.3 Å². The predicted octanol–water partition coefficient (Wildman–Crippen LogP) is 2.78. The van der Waals surface area contributed by atoms with E-state index in [1.54, 1.807) is 7.11 Å². The number of hydrogen-bond donors (Lipinski definition) is 1. The van der Waals surface area contributed by atoms with E-state index >= 15 is 0 Å². The van der Waals surface area contributed by atoms with Crippen LogP contribution >= 0.6 is 0 Å². The summed E-state index contributed by atoms with van der Waals surface area (Å²) in [6.07, 6.45) is 5.88. The zero-order valence-corrected chi connectivity index (χ0v) is 12.3. The highest BCUT2D eigenvalue weighted by Crippen LogP contribution is 2.27. The molecular formula is C15H23NO2S. The van der Waals surface area contributed by atoms with E-state index in [1.807, 2.05) is 24.3 Å². The van der Waals surface area contributed by atoms with Crippen LogP contribution in [0.4, 0.5) is 0 Å². The summed E-state index contributed by atoms with van der Waals surface area (Å²) in [5.41, 5.74) is 7.16. The van der Waals surface area contributed by atoms with Gasteiger partial charge in [0.15, 0.2) is 0 Å². The molecule has 1 aliphatic rings. The lowest BCUT2D eigenvalue weighted by atomic mass is 10.0.